The van der Waals surface area contributed by atoms with Gasteiger partial charge in [-0.25, -0.2) is 9.97 Å². The van der Waals surface area contributed by atoms with Crippen LogP contribution in [0.1, 0.15) is 28.9 Å². The van der Waals surface area contributed by atoms with E-state index in [-0.39, 0.29) is 5.91 Å². The van der Waals surface area contributed by atoms with Gasteiger partial charge in [-0.3, -0.25) is 4.79 Å². The van der Waals surface area contributed by atoms with Crippen molar-refractivity contribution in [3.05, 3.63) is 78.0 Å². The number of anilines is 1. The molecule has 1 aromatic heterocycles. The summed E-state index contributed by atoms with van der Waals surface area (Å²) >= 11 is 0. The SMILES string of the molecule is CN(Cc1ccccc1)C(=O)c1cc(N2CCCC2)nc(-c2ccccc2)n1. The van der Waals surface area contributed by atoms with E-state index in [0.717, 1.165) is 42.9 Å². The molecule has 1 amide bonds. The molecule has 2 heterocycles. The van der Waals surface area contributed by atoms with Crippen LogP contribution in [0.3, 0.4) is 0 Å². The number of benzene rings is 2. The van der Waals surface area contributed by atoms with Crippen molar-refractivity contribution in [2.24, 2.45) is 0 Å². The minimum Gasteiger partial charge on any atom is -0.356 e. The molecule has 5 heteroatoms. The van der Waals surface area contributed by atoms with Crippen molar-refractivity contribution in [1.82, 2.24) is 14.9 Å². The van der Waals surface area contributed by atoms with Crippen molar-refractivity contribution in [3.8, 4) is 11.4 Å². The molecule has 1 aliphatic rings. The quantitative estimate of drug-likeness (QED) is 0.679. The molecule has 142 valence electrons. The lowest BCUT2D eigenvalue weighted by Crippen LogP contribution is -2.28. The maximum Gasteiger partial charge on any atom is 0.272 e. The van der Waals surface area contributed by atoms with Crippen LogP contribution in [-0.2, 0) is 6.54 Å². The highest BCUT2D eigenvalue weighted by Gasteiger charge is 2.21. The fourth-order valence-corrected chi connectivity index (χ4v) is 3.49. The van der Waals surface area contributed by atoms with Crippen molar-refractivity contribution in [2.45, 2.75) is 19.4 Å². The van der Waals surface area contributed by atoms with Gasteiger partial charge >= 0.3 is 0 Å². The minimum atomic E-state index is -0.0936. The van der Waals surface area contributed by atoms with Crippen LogP contribution >= 0.6 is 0 Å². The third-order valence-corrected chi connectivity index (χ3v) is 5.00. The maximum absolute atomic E-state index is 13.1. The molecule has 0 radical (unpaired) electrons. The minimum absolute atomic E-state index is 0.0936. The maximum atomic E-state index is 13.1. The van der Waals surface area contributed by atoms with E-state index >= 15 is 0 Å². The molecule has 1 aliphatic heterocycles. The molecule has 0 saturated carbocycles. The number of rotatable bonds is 5. The third-order valence-electron chi connectivity index (χ3n) is 5.00. The topological polar surface area (TPSA) is 49.3 Å². The molecule has 3 aromatic rings. The van der Waals surface area contributed by atoms with Crippen LogP contribution in [0, 0.1) is 0 Å². The largest absolute Gasteiger partial charge is 0.356 e. The summed E-state index contributed by atoms with van der Waals surface area (Å²) in [6.07, 6.45) is 2.31. The van der Waals surface area contributed by atoms with Gasteiger partial charge in [0.2, 0.25) is 0 Å². The van der Waals surface area contributed by atoms with Crippen LogP contribution in [0.25, 0.3) is 11.4 Å². The number of nitrogens with zero attached hydrogens (tertiary/aromatic N) is 4. The number of carbonyl (C=O) groups is 1. The molecule has 2 aromatic carbocycles. The van der Waals surface area contributed by atoms with Crippen molar-refractivity contribution < 1.29 is 4.79 Å². The van der Waals surface area contributed by atoms with E-state index in [1.165, 1.54) is 0 Å². The standard InChI is InChI=1S/C23H24N4O/c1-26(17-18-10-4-2-5-11-18)23(28)20-16-21(27-14-8-9-15-27)25-22(24-20)19-12-6-3-7-13-19/h2-7,10-13,16H,8-9,14-15,17H2,1H3. The Morgan fingerprint density at radius 2 is 1.61 bits per heavy atom. The molecular weight excluding hydrogens is 348 g/mol. The Bertz CT molecular complexity index is 937. The van der Waals surface area contributed by atoms with E-state index in [0.29, 0.717) is 18.1 Å². The molecule has 0 unspecified atom stereocenters. The van der Waals surface area contributed by atoms with E-state index in [1.807, 2.05) is 73.8 Å². The van der Waals surface area contributed by atoms with Gasteiger partial charge in [0.15, 0.2) is 5.82 Å². The van der Waals surface area contributed by atoms with Crippen LogP contribution < -0.4 is 4.90 Å². The van der Waals surface area contributed by atoms with E-state index in [9.17, 15) is 4.79 Å². The zero-order valence-electron chi connectivity index (χ0n) is 16.1. The third kappa shape index (κ3) is 4.03. The average molecular weight is 372 g/mol. The Hall–Kier alpha value is -3.21. The van der Waals surface area contributed by atoms with E-state index < -0.39 is 0 Å². The van der Waals surface area contributed by atoms with Crippen molar-refractivity contribution >= 4 is 11.7 Å². The van der Waals surface area contributed by atoms with E-state index in [4.69, 9.17) is 4.98 Å². The molecule has 0 atom stereocenters. The van der Waals surface area contributed by atoms with Crippen molar-refractivity contribution in [3.63, 3.8) is 0 Å². The molecule has 28 heavy (non-hydrogen) atoms. The lowest BCUT2D eigenvalue weighted by Gasteiger charge is -2.20. The summed E-state index contributed by atoms with van der Waals surface area (Å²) in [5.41, 5.74) is 2.45. The summed E-state index contributed by atoms with van der Waals surface area (Å²) in [4.78, 5) is 26.4. The predicted molar refractivity (Wildman–Crippen MR) is 111 cm³/mol. The lowest BCUT2D eigenvalue weighted by molar-refractivity contribution is 0.0779. The first kappa shape index (κ1) is 18.2. The monoisotopic (exact) mass is 372 g/mol. The second-order valence-corrected chi connectivity index (χ2v) is 7.14. The molecule has 0 aliphatic carbocycles. The average Bonchev–Trinajstić information content (AvgIpc) is 3.29. The zero-order valence-corrected chi connectivity index (χ0v) is 16.1. The summed E-state index contributed by atoms with van der Waals surface area (Å²) in [5, 5.41) is 0. The van der Waals surface area contributed by atoms with Crippen LogP contribution in [0.15, 0.2) is 66.7 Å². The first-order valence-electron chi connectivity index (χ1n) is 9.69. The molecule has 5 nitrogen and oxygen atoms in total. The van der Waals surface area contributed by atoms with Gasteiger partial charge in [-0.05, 0) is 18.4 Å². The lowest BCUT2D eigenvalue weighted by atomic mass is 10.2. The molecule has 1 fully saturated rings. The number of hydrogen-bond acceptors (Lipinski definition) is 4. The number of carbonyl (C=O) groups excluding carboxylic acids is 1. The summed E-state index contributed by atoms with van der Waals surface area (Å²) in [6, 6.07) is 21.7. The summed E-state index contributed by atoms with van der Waals surface area (Å²) in [6.45, 7) is 2.49. The van der Waals surface area contributed by atoms with Gasteiger partial charge in [0.25, 0.3) is 5.91 Å². The van der Waals surface area contributed by atoms with Crippen LogP contribution in [0.2, 0.25) is 0 Å². The fraction of sp³-hybridized carbons (Fsp3) is 0.261. The fourth-order valence-electron chi connectivity index (χ4n) is 3.49. The zero-order chi connectivity index (χ0) is 19.3. The summed E-state index contributed by atoms with van der Waals surface area (Å²) in [5.74, 6) is 1.34. The molecule has 1 saturated heterocycles. The highest BCUT2D eigenvalue weighted by Crippen LogP contribution is 2.24. The second-order valence-electron chi connectivity index (χ2n) is 7.14. The normalized spacial score (nSPS) is 13.5. The van der Waals surface area contributed by atoms with Gasteiger partial charge in [0.1, 0.15) is 11.5 Å². The van der Waals surface area contributed by atoms with Gasteiger partial charge in [-0.2, -0.15) is 0 Å². The number of amides is 1. The van der Waals surface area contributed by atoms with Gasteiger partial charge in [-0.15, -0.1) is 0 Å². The Kier molecular flexibility index (Phi) is 5.33. The molecule has 0 bridgehead atoms. The first-order chi connectivity index (χ1) is 13.7. The van der Waals surface area contributed by atoms with Gasteiger partial charge in [-0.1, -0.05) is 60.7 Å². The van der Waals surface area contributed by atoms with Gasteiger partial charge in [0.05, 0.1) is 0 Å². The smallest absolute Gasteiger partial charge is 0.272 e. The second kappa shape index (κ2) is 8.21. The molecule has 0 spiro atoms. The Balaban J connectivity index is 1.66. The van der Waals surface area contributed by atoms with E-state index in [2.05, 4.69) is 9.88 Å². The van der Waals surface area contributed by atoms with Crippen molar-refractivity contribution in [2.75, 3.05) is 25.0 Å². The van der Waals surface area contributed by atoms with Crippen LogP contribution in [0.5, 0.6) is 0 Å². The van der Waals surface area contributed by atoms with Crippen molar-refractivity contribution in [1.29, 1.82) is 0 Å². The van der Waals surface area contributed by atoms with E-state index in [1.54, 1.807) is 4.90 Å². The van der Waals surface area contributed by atoms with Gasteiger partial charge in [0, 0.05) is 38.3 Å². The highest BCUT2D eigenvalue weighted by atomic mass is 16.2. The first-order valence-corrected chi connectivity index (χ1v) is 9.69. The molecular formula is C23H24N4O. The molecule has 4 rings (SSSR count). The van der Waals surface area contributed by atoms with Crippen LogP contribution in [0.4, 0.5) is 5.82 Å². The Morgan fingerprint density at radius 1 is 0.964 bits per heavy atom. The van der Waals surface area contributed by atoms with Gasteiger partial charge < -0.3 is 9.80 Å². The Labute approximate surface area is 165 Å². The summed E-state index contributed by atoms with van der Waals surface area (Å²) in [7, 11) is 1.81. The highest BCUT2D eigenvalue weighted by molar-refractivity contribution is 5.93. The number of hydrogen-bond donors (Lipinski definition) is 0. The van der Waals surface area contributed by atoms with Crippen LogP contribution in [-0.4, -0.2) is 40.9 Å². The molecule has 0 N–H and O–H groups in total. The summed E-state index contributed by atoms with van der Waals surface area (Å²) < 4.78 is 0. The predicted octanol–water partition coefficient (Wildman–Crippen LogP) is 4.02. The Morgan fingerprint density at radius 3 is 2.29 bits per heavy atom. The number of aromatic nitrogens is 2.